The van der Waals surface area contributed by atoms with E-state index in [-0.39, 0.29) is 6.04 Å². The predicted octanol–water partition coefficient (Wildman–Crippen LogP) is 1.67. The molecule has 0 bridgehead atoms. The van der Waals surface area contributed by atoms with Crippen LogP contribution in [0.1, 0.15) is 24.1 Å². The molecule has 108 valence electrons. The number of nitrogens with one attached hydrogen (secondary N) is 1. The van der Waals surface area contributed by atoms with E-state index in [0.717, 1.165) is 0 Å². The topological polar surface area (TPSA) is 50.7 Å². The average Bonchev–Trinajstić information content (AvgIpc) is 2.41. The third kappa shape index (κ3) is 6.16. The lowest BCUT2D eigenvalue weighted by Gasteiger charge is -2.19. The second-order valence-corrected chi connectivity index (χ2v) is 4.71. The average molecular weight is 267 g/mol. The standard InChI is InChI=1S/C15H25NO3/c1-12-6-4-5-7-15(12)13(2)16-10-14(17)11-19-9-8-18-3/h4-7,13-14,16-17H,8-11H2,1-3H3/t13-,14?/m0/s1. The molecule has 1 unspecified atom stereocenters. The second-order valence-electron chi connectivity index (χ2n) is 4.71. The number of aryl methyl sites for hydroxylation is 1. The van der Waals surface area contributed by atoms with E-state index >= 15 is 0 Å². The van der Waals surface area contributed by atoms with Gasteiger partial charge in [-0.2, -0.15) is 0 Å². The fourth-order valence-corrected chi connectivity index (χ4v) is 1.92. The summed E-state index contributed by atoms with van der Waals surface area (Å²) in [4.78, 5) is 0. The number of aliphatic hydroxyl groups is 1. The molecule has 0 saturated carbocycles. The van der Waals surface area contributed by atoms with Crippen molar-refractivity contribution in [2.45, 2.75) is 26.0 Å². The Morgan fingerprint density at radius 3 is 2.68 bits per heavy atom. The quantitative estimate of drug-likeness (QED) is 0.668. The van der Waals surface area contributed by atoms with Crippen molar-refractivity contribution in [2.24, 2.45) is 0 Å². The Kier molecular flexibility index (Phi) is 7.67. The van der Waals surface area contributed by atoms with Crippen LogP contribution in [-0.2, 0) is 9.47 Å². The first-order chi connectivity index (χ1) is 9.15. The third-order valence-corrected chi connectivity index (χ3v) is 3.06. The van der Waals surface area contributed by atoms with E-state index in [0.29, 0.717) is 26.4 Å². The monoisotopic (exact) mass is 267 g/mol. The van der Waals surface area contributed by atoms with Gasteiger partial charge in [-0.05, 0) is 25.0 Å². The molecule has 0 spiro atoms. The summed E-state index contributed by atoms with van der Waals surface area (Å²) < 4.78 is 10.2. The Morgan fingerprint density at radius 2 is 2.00 bits per heavy atom. The summed E-state index contributed by atoms with van der Waals surface area (Å²) >= 11 is 0. The summed E-state index contributed by atoms with van der Waals surface area (Å²) in [7, 11) is 1.63. The third-order valence-electron chi connectivity index (χ3n) is 3.06. The van der Waals surface area contributed by atoms with Crippen LogP contribution in [-0.4, -0.2) is 44.7 Å². The Labute approximate surface area is 115 Å². The molecule has 4 heteroatoms. The van der Waals surface area contributed by atoms with Crippen LogP contribution in [0.25, 0.3) is 0 Å². The zero-order valence-electron chi connectivity index (χ0n) is 12.1. The van der Waals surface area contributed by atoms with Gasteiger partial charge in [0.25, 0.3) is 0 Å². The first kappa shape index (κ1) is 16.1. The van der Waals surface area contributed by atoms with Crippen molar-refractivity contribution in [2.75, 3.05) is 33.5 Å². The lowest BCUT2D eigenvalue weighted by atomic mass is 10.0. The van der Waals surface area contributed by atoms with Gasteiger partial charge >= 0.3 is 0 Å². The minimum absolute atomic E-state index is 0.217. The summed E-state index contributed by atoms with van der Waals surface area (Å²) in [6.07, 6.45) is -0.497. The molecule has 0 heterocycles. The van der Waals surface area contributed by atoms with Crippen molar-refractivity contribution in [3.05, 3.63) is 35.4 Å². The fraction of sp³-hybridized carbons (Fsp3) is 0.600. The highest BCUT2D eigenvalue weighted by atomic mass is 16.5. The van der Waals surface area contributed by atoms with Gasteiger partial charge in [-0.15, -0.1) is 0 Å². The predicted molar refractivity (Wildman–Crippen MR) is 76.3 cm³/mol. The van der Waals surface area contributed by atoms with Gasteiger partial charge in [-0.3, -0.25) is 0 Å². The van der Waals surface area contributed by atoms with Crippen LogP contribution in [0.5, 0.6) is 0 Å². The smallest absolute Gasteiger partial charge is 0.0897 e. The molecule has 2 atom stereocenters. The van der Waals surface area contributed by atoms with E-state index in [2.05, 4.69) is 31.3 Å². The maximum Gasteiger partial charge on any atom is 0.0897 e. The van der Waals surface area contributed by atoms with Crippen LogP contribution < -0.4 is 5.32 Å². The van der Waals surface area contributed by atoms with Gasteiger partial charge in [-0.25, -0.2) is 0 Å². The number of hydrogen-bond acceptors (Lipinski definition) is 4. The molecule has 0 fully saturated rings. The number of aliphatic hydroxyl groups excluding tert-OH is 1. The molecule has 0 saturated heterocycles. The zero-order chi connectivity index (χ0) is 14.1. The van der Waals surface area contributed by atoms with Crippen LogP contribution in [0.15, 0.2) is 24.3 Å². The Bertz CT molecular complexity index is 357. The minimum Gasteiger partial charge on any atom is -0.389 e. The molecule has 0 aliphatic heterocycles. The van der Waals surface area contributed by atoms with E-state index in [4.69, 9.17) is 9.47 Å². The van der Waals surface area contributed by atoms with Crippen LogP contribution in [0, 0.1) is 6.92 Å². The molecule has 0 aromatic heterocycles. The number of benzene rings is 1. The van der Waals surface area contributed by atoms with E-state index in [1.54, 1.807) is 7.11 Å². The summed E-state index contributed by atoms with van der Waals surface area (Å²) in [5, 5.41) is 13.1. The molecular weight excluding hydrogens is 242 g/mol. The number of ether oxygens (including phenoxy) is 2. The molecule has 0 aliphatic carbocycles. The van der Waals surface area contributed by atoms with Crippen molar-refractivity contribution >= 4 is 0 Å². The van der Waals surface area contributed by atoms with Crippen LogP contribution >= 0.6 is 0 Å². The molecule has 1 rings (SSSR count). The zero-order valence-corrected chi connectivity index (χ0v) is 12.1. The Hall–Kier alpha value is -0.940. The van der Waals surface area contributed by atoms with Crippen molar-refractivity contribution in [1.82, 2.24) is 5.32 Å². The van der Waals surface area contributed by atoms with Crippen LogP contribution in [0.4, 0.5) is 0 Å². The van der Waals surface area contributed by atoms with E-state index in [1.165, 1.54) is 11.1 Å². The van der Waals surface area contributed by atoms with E-state index < -0.39 is 6.10 Å². The highest BCUT2D eigenvalue weighted by molar-refractivity contribution is 5.28. The molecule has 0 amide bonds. The first-order valence-electron chi connectivity index (χ1n) is 6.68. The van der Waals surface area contributed by atoms with Crippen LogP contribution in [0.3, 0.4) is 0 Å². The maximum atomic E-state index is 9.79. The SMILES string of the molecule is COCCOCC(O)CN[C@@H](C)c1ccccc1C. The highest BCUT2D eigenvalue weighted by Gasteiger charge is 2.10. The summed E-state index contributed by atoms with van der Waals surface area (Å²) in [5.74, 6) is 0. The summed E-state index contributed by atoms with van der Waals surface area (Å²) in [5.41, 5.74) is 2.52. The number of hydrogen-bond donors (Lipinski definition) is 2. The molecular formula is C15H25NO3. The van der Waals surface area contributed by atoms with Gasteiger partial charge in [0.1, 0.15) is 0 Å². The van der Waals surface area contributed by atoms with Gasteiger partial charge in [0.2, 0.25) is 0 Å². The molecule has 0 radical (unpaired) electrons. The maximum absolute atomic E-state index is 9.79. The van der Waals surface area contributed by atoms with Crippen LogP contribution in [0.2, 0.25) is 0 Å². The van der Waals surface area contributed by atoms with Crippen molar-refractivity contribution in [3.63, 3.8) is 0 Å². The Balaban J connectivity index is 2.26. The van der Waals surface area contributed by atoms with Gasteiger partial charge in [-0.1, -0.05) is 24.3 Å². The van der Waals surface area contributed by atoms with Crippen molar-refractivity contribution in [1.29, 1.82) is 0 Å². The lowest BCUT2D eigenvalue weighted by molar-refractivity contribution is 0.0130. The fourth-order valence-electron chi connectivity index (χ4n) is 1.92. The molecule has 1 aromatic rings. The van der Waals surface area contributed by atoms with Gasteiger partial charge in [0, 0.05) is 19.7 Å². The largest absolute Gasteiger partial charge is 0.389 e. The molecule has 4 nitrogen and oxygen atoms in total. The second kappa shape index (κ2) is 9.04. The lowest BCUT2D eigenvalue weighted by Crippen LogP contribution is -2.32. The minimum atomic E-state index is -0.497. The van der Waals surface area contributed by atoms with E-state index in [9.17, 15) is 5.11 Å². The van der Waals surface area contributed by atoms with Gasteiger partial charge < -0.3 is 19.9 Å². The highest BCUT2D eigenvalue weighted by Crippen LogP contribution is 2.16. The summed E-state index contributed by atoms with van der Waals surface area (Å²) in [6, 6.07) is 8.48. The molecule has 19 heavy (non-hydrogen) atoms. The molecule has 0 aliphatic rings. The Morgan fingerprint density at radius 1 is 1.26 bits per heavy atom. The molecule has 2 N–H and O–H groups in total. The summed E-state index contributed by atoms with van der Waals surface area (Å²) in [6.45, 7) is 6.11. The normalized spacial score (nSPS) is 14.3. The molecule has 1 aromatic carbocycles. The van der Waals surface area contributed by atoms with Crippen molar-refractivity contribution < 1.29 is 14.6 Å². The number of methoxy groups -OCH3 is 1. The van der Waals surface area contributed by atoms with Crippen molar-refractivity contribution in [3.8, 4) is 0 Å². The van der Waals surface area contributed by atoms with E-state index in [1.807, 2.05) is 12.1 Å². The number of rotatable bonds is 9. The van der Waals surface area contributed by atoms with Gasteiger partial charge in [0.15, 0.2) is 0 Å². The first-order valence-corrected chi connectivity index (χ1v) is 6.68. The van der Waals surface area contributed by atoms with Gasteiger partial charge in [0.05, 0.1) is 25.9 Å².